The lowest BCUT2D eigenvalue weighted by atomic mass is 10.2. The standard InChI is InChI=1S/C13H14N4O3/c1-8-2-4-11(13(14)15-8)17-16-10-3-5-12(18)9(6-10)7-20-19/h2-6,18-19H,7H2,1H3,(H2,14,15). The highest BCUT2D eigenvalue weighted by molar-refractivity contribution is 5.57. The molecular weight excluding hydrogens is 260 g/mol. The zero-order chi connectivity index (χ0) is 14.5. The SMILES string of the molecule is Cc1ccc(N=Nc2ccc(O)c(COO)c2)c(N)n1. The Labute approximate surface area is 115 Å². The van der Waals surface area contributed by atoms with E-state index in [9.17, 15) is 5.11 Å². The number of nitrogens with two attached hydrogens (primary N) is 1. The van der Waals surface area contributed by atoms with Crippen molar-refractivity contribution in [3.63, 3.8) is 0 Å². The van der Waals surface area contributed by atoms with Gasteiger partial charge in [0.25, 0.3) is 0 Å². The topological polar surface area (TPSA) is 113 Å². The summed E-state index contributed by atoms with van der Waals surface area (Å²) in [4.78, 5) is 8.07. The minimum absolute atomic E-state index is 0.00881. The maximum Gasteiger partial charge on any atom is 0.151 e. The number of phenols is 1. The Hall–Kier alpha value is -2.51. The summed E-state index contributed by atoms with van der Waals surface area (Å²) in [5.74, 6) is 0.306. The van der Waals surface area contributed by atoms with Crippen LogP contribution in [0.1, 0.15) is 11.3 Å². The van der Waals surface area contributed by atoms with Gasteiger partial charge in [0.05, 0.1) is 5.69 Å². The highest BCUT2D eigenvalue weighted by Gasteiger charge is 2.03. The van der Waals surface area contributed by atoms with Gasteiger partial charge in [-0.3, -0.25) is 5.26 Å². The van der Waals surface area contributed by atoms with Crippen molar-refractivity contribution in [1.29, 1.82) is 0 Å². The van der Waals surface area contributed by atoms with E-state index in [1.807, 2.05) is 6.92 Å². The molecule has 0 unspecified atom stereocenters. The number of nitrogens with zero attached hydrogens (tertiary/aromatic N) is 3. The van der Waals surface area contributed by atoms with Crippen LogP contribution in [0.25, 0.3) is 0 Å². The van der Waals surface area contributed by atoms with Crippen molar-refractivity contribution in [3.05, 3.63) is 41.6 Å². The molecule has 0 bridgehead atoms. The molecule has 0 atom stereocenters. The zero-order valence-corrected chi connectivity index (χ0v) is 10.8. The predicted octanol–water partition coefficient (Wildman–Crippen LogP) is 3.08. The molecular formula is C13H14N4O3. The molecule has 4 N–H and O–H groups in total. The maximum atomic E-state index is 9.53. The van der Waals surface area contributed by atoms with Gasteiger partial charge in [-0.2, -0.15) is 5.11 Å². The molecule has 0 saturated heterocycles. The van der Waals surface area contributed by atoms with Crippen LogP contribution in [0, 0.1) is 6.92 Å². The van der Waals surface area contributed by atoms with Crippen molar-refractivity contribution >= 4 is 17.2 Å². The van der Waals surface area contributed by atoms with E-state index in [0.29, 0.717) is 22.8 Å². The van der Waals surface area contributed by atoms with E-state index in [4.69, 9.17) is 11.0 Å². The molecule has 2 rings (SSSR count). The normalized spacial score (nSPS) is 11.1. The van der Waals surface area contributed by atoms with Crippen molar-refractivity contribution in [2.24, 2.45) is 10.2 Å². The Balaban J connectivity index is 2.24. The minimum atomic E-state index is -0.135. The monoisotopic (exact) mass is 274 g/mol. The molecule has 7 heteroatoms. The summed E-state index contributed by atoms with van der Waals surface area (Å²) in [5.41, 5.74) is 7.89. The molecule has 0 aliphatic carbocycles. The molecule has 1 aromatic heterocycles. The quantitative estimate of drug-likeness (QED) is 0.450. The summed E-state index contributed by atoms with van der Waals surface area (Å²) in [5, 5.41) is 26.0. The minimum Gasteiger partial charge on any atom is -0.508 e. The van der Waals surface area contributed by atoms with Gasteiger partial charge in [0.15, 0.2) is 5.82 Å². The Bertz CT molecular complexity index is 644. The van der Waals surface area contributed by atoms with Crippen LogP contribution < -0.4 is 5.73 Å². The molecule has 2 aromatic rings. The second-order valence-corrected chi connectivity index (χ2v) is 4.14. The first-order valence-corrected chi connectivity index (χ1v) is 5.83. The lowest BCUT2D eigenvalue weighted by Crippen LogP contribution is -1.91. The summed E-state index contributed by atoms with van der Waals surface area (Å²) < 4.78 is 0. The van der Waals surface area contributed by atoms with Crippen LogP contribution in [0.5, 0.6) is 5.75 Å². The zero-order valence-electron chi connectivity index (χ0n) is 10.8. The van der Waals surface area contributed by atoms with E-state index >= 15 is 0 Å². The molecule has 0 radical (unpaired) electrons. The van der Waals surface area contributed by atoms with Gasteiger partial charge in [-0.25, -0.2) is 9.87 Å². The van der Waals surface area contributed by atoms with Crippen LogP contribution in [0.4, 0.5) is 17.2 Å². The molecule has 0 aliphatic rings. The fourth-order valence-electron chi connectivity index (χ4n) is 1.58. The average Bonchev–Trinajstić information content (AvgIpc) is 2.41. The van der Waals surface area contributed by atoms with Gasteiger partial charge in [0, 0.05) is 11.3 Å². The number of nitrogen functional groups attached to an aromatic ring is 1. The number of aromatic hydroxyl groups is 1. The summed E-state index contributed by atoms with van der Waals surface area (Å²) >= 11 is 0. The van der Waals surface area contributed by atoms with Crippen LogP contribution in [0.2, 0.25) is 0 Å². The maximum absolute atomic E-state index is 9.53. The van der Waals surface area contributed by atoms with Gasteiger partial charge in [0.2, 0.25) is 0 Å². The van der Waals surface area contributed by atoms with Gasteiger partial charge in [-0.15, -0.1) is 5.11 Å². The number of azo groups is 1. The fraction of sp³-hybridized carbons (Fsp3) is 0.154. The number of pyridine rings is 1. The van der Waals surface area contributed by atoms with Crippen LogP contribution in [0.3, 0.4) is 0 Å². The molecule has 20 heavy (non-hydrogen) atoms. The Kier molecular flexibility index (Phi) is 4.24. The third-order valence-electron chi connectivity index (χ3n) is 2.60. The average molecular weight is 274 g/mol. The second kappa shape index (κ2) is 6.09. The number of aryl methyl sites for hydroxylation is 1. The van der Waals surface area contributed by atoms with E-state index < -0.39 is 0 Å². The molecule has 0 fully saturated rings. The molecule has 1 aromatic carbocycles. The summed E-state index contributed by atoms with van der Waals surface area (Å²) in [6.45, 7) is 1.70. The number of benzene rings is 1. The fourth-order valence-corrected chi connectivity index (χ4v) is 1.58. The van der Waals surface area contributed by atoms with Crippen molar-refractivity contribution < 1.29 is 15.3 Å². The van der Waals surface area contributed by atoms with Crippen molar-refractivity contribution in [2.75, 3.05) is 5.73 Å². The second-order valence-electron chi connectivity index (χ2n) is 4.14. The van der Waals surface area contributed by atoms with Gasteiger partial charge in [-0.05, 0) is 37.3 Å². The lowest BCUT2D eigenvalue weighted by Gasteiger charge is -2.03. The third-order valence-corrected chi connectivity index (χ3v) is 2.60. The lowest BCUT2D eigenvalue weighted by molar-refractivity contribution is -0.253. The molecule has 104 valence electrons. The van der Waals surface area contributed by atoms with Crippen LogP contribution in [-0.2, 0) is 11.5 Å². The van der Waals surface area contributed by atoms with Crippen molar-refractivity contribution in [1.82, 2.24) is 4.98 Å². The van der Waals surface area contributed by atoms with Gasteiger partial charge in [0.1, 0.15) is 18.0 Å². The molecule has 1 heterocycles. The molecule has 0 amide bonds. The van der Waals surface area contributed by atoms with Crippen molar-refractivity contribution in [3.8, 4) is 5.75 Å². The predicted molar refractivity (Wildman–Crippen MR) is 73.1 cm³/mol. The Morgan fingerprint density at radius 1 is 1.25 bits per heavy atom. The van der Waals surface area contributed by atoms with E-state index in [1.165, 1.54) is 6.07 Å². The largest absolute Gasteiger partial charge is 0.508 e. The highest BCUT2D eigenvalue weighted by atomic mass is 17.1. The van der Waals surface area contributed by atoms with Crippen LogP contribution >= 0.6 is 0 Å². The molecule has 0 aliphatic heterocycles. The number of rotatable bonds is 4. The molecule has 0 saturated carbocycles. The van der Waals surface area contributed by atoms with E-state index in [-0.39, 0.29) is 12.4 Å². The Morgan fingerprint density at radius 3 is 2.75 bits per heavy atom. The summed E-state index contributed by atoms with van der Waals surface area (Å²) in [6.07, 6.45) is 0. The summed E-state index contributed by atoms with van der Waals surface area (Å²) in [6, 6.07) is 8.08. The van der Waals surface area contributed by atoms with Gasteiger partial charge in [-0.1, -0.05) is 0 Å². The van der Waals surface area contributed by atoms with E-state index in [2.05, 4.69) is 20.1 Å². The Morgan fingerprint density at radius 2 is 2.05 bits per heavy atom. The number of anilines is 1. The molecule has 0 spiro atoms. The van der Waals surface area contributed by atoms with Gasteiger partial charge >= 0.3 is 0 Å². The van der Waals surface area contributed by atoms with E-state index in [1.54, 1.807) is 24.3 Å². The smallest absolute Gasteiger partial charge is 0.151 e. The first-order chi connectivity index (χ1) is 9.60. The highest BCUT2D eigenvalue weighted by Crippen LogP contribution is 2.27. The van der Waals surface area contributed by atoms with Crippen LogP contribution in [-0.4, -0.2) is 15.3 Å². The van der Waals surface area contributed by atoms with Crippen LogP contribution in [0.15, 0.2) is 40.6 Å². The van der Waals surface area contributed by atoms with Gasteiger partial charge < -0.3 is 10.8 Å². The number of phenolic OH excluding ortho intramolecular Hbond substituents is 1. The van der Waals surface area contributed by atoms with E-state index in [0.717, 1.165) is 5.69 Å². The summed E-state index contributed by atoms with van der Waals surface area (Å²) in [7, 11) is 0. The number of hydrogen-bond donors (Lipinski definition) is 3. The first kappa shape index (κ1) is 13.9. The number of aromatic nitrogens is 1. The first-order valence-electron chi connectivity index (χ1n) is 5.83. The molecule has 7 nitrogen and oxygen atoms in total. The third kappa shape index (κ3) is 3.28. The van der Waals surface area contributed by atoms with Crippen molar-refractivity contribution in [2.45, 2.75) is 13.5 Å². The number of hydrogen-bond acceptors (Lipinski definition) is 7.